The summed E-state index contributed by atoms with van der Waals surface area (Å²) in [5, 5.41) is 15.3. The van der Waals surface area contributed by atoms with Crippen molar-refractivity contribution in [3.05, 3.63) is 65.2 Å². The van der Waals surface area contributed by atoms with Gasteiger partial charge in [0.15, 0.2) is 0 Å². The normalized spacial score (nSPS) is 17.0. The van der Waals surface area contributed by atoms with Crippen molar-refractivity contribution in [2.24, 2.45) is 5.92 Å². The van der Waals surface area contributed by atoms with Gasteiger partial charge in [0.25, 0.3) is 11.8 Å². The molecule has 1 saturated heterocycles. The predicted molar refractivity (Wildman–Crippen MR) is 132 cm³/mol. The molecule has 0 bridgehead atoms. The first-order chi connectivity index (χ1) is 17.2. The number of nitrogens with zero attached hydrogens (tertiary/aromatic N) is 1. The molecule has 2 aromatic carbocycles. The van der Waals surface area contributed by atoms with Crippen molar-refractivity contribution in [3.8, 4) is 0 Å². The molecule has 36 heavy (non-hydrogen) atoms. The number of benzene rings is 2. The number of nitrogens with one attached hydrogen (secondary N) is 3. The van der Waals surface area contributed by atoms with Gasteiger partial charge in [-0.1, -0.05) is 24.3 Å². The molecule has 0 radical (unpaired) electrons. The first-order valence-corrected chi connectivity index (χ1v) is 13.4. The Bertz CT molecular complexity index is 1230. The molecule has 2 heterocycles. The fourth-order valence-electron chi connectivity index (χ4n) is 4.52. The molecule has 2 aromatic rings. The standard InChI is InChI=1S/C25H30N4O6S/c30-23(27-15-22(25(32)33)28-36(34,35)20-4-2-1-3-5-20)18-6-7-19-16-29(24(31)21(19)14-18)13-10-17-8-11-26-12-9-17/h1-7,14,17,22,26,28H,8-13,15-16H2,(H,27,30)(H,32,33)/t22-/m0/s1. The van der Waals surface area contributed by atoms with E-state index < -0.39 is 34.5 Å². The molecule has 1 atom stereocenters. The van der Waals surface area contributed by atoms with E-state index in [0.29, 0.717) is 24.6 Å². The van der Waals surface area contributed by atoms with Gasteiger partial charge >= 0.3 is 5.97 Å². The maximum Gasteiger partial charge on any atom is 0.323 e. The van der Waals surface area contributed by atoms with Crippen LogP contribution in [0, 0.1) is 5.92 Å². The number of rotatable bonds is 10. The molecule has 11 heteroatoms. The Balaban J connectivity index is 1.36. The molecule has 0 saturated carbocycles. The summed E-state index contributed by atoms with van der Waals surface area (Å²) >= 11 is 0. The molecule has 2 aliphatic rings. The van der Waals surface area contributed by atoms with E-state index in [1.165, 1.54) is 30.3 Å². The molecule has 192 valence electrons. The number of amides is 2. The second-order valence-electron chi connectivity index (χ2n) is 9.12. The van der Waals surface area contributed by atoms with Crippen LogP contribution in [-0.4, -0.2) is 68.4 Å². The molecule has 0 spiro atoms. The lowest BCUT2D eigenvalue weighted by molar-refractivity contribution is -0.138. The Hall–Kier alpha value is -3.28. The SMILES string of the molecule is O=C(NC[C@H](NS(=O)(=O)c1ccccc1)C(=O)O)c1ccc2c(c1)C(=O)N(CCC1CCNCC1)C2. The Labute approximate surface area is 210 Å². The topological polar surface area (TPSA) is 145 Å². The van der Waals surface area contributed by atoms with Crippen LogP contribution < -0.4 is 15.4 Å². The lowest BCUT2D eigenvalue weighted by Crippen LogP contribution is -2.48. The minimum Gasteiger partial charge on any atom is -0.480 e. The summed E-state index contributed by atoms with van der Waals surface area (Å²) in [5.41, 5.74) is 1.52. The number of carbonyl (C=O) groups is 3. The highest BCUT2D eigenvalue weighted by molar-refractivity contribution is 7.89. The molecule has 2 amide bonds. The number of piperidine rings is 1. The lowest BCUT2D eigenvalue weighted by Gasteiger charge is -2.25. The van der Waals surface area contributed by atoms with Gasteiger partial charge < -0.3 is 20.6 Å². The average molecular weight is 515 g/mol. The zero-order chi connectivity index (χ0) is 25.7. The monoisotopic (exact) mass is 514 g/mol. The number of carboxylic acid groups (broad SMARTS) is 1. The summed E-state index contributed by atoms with van der Waals surface area (Å²) in [6, 6.07) is 10.6. The lowest BCUT2D eigenvalue weighted by atomic mass is 9.94. The molecule has 10 nitrogen and oxygen atoms in total. The van der Waals surface area contributed by atoms with Crippen LogP contribution in [0.2, 0.25) is 0 Å². The molecule has 0 aromatic heterocycles. The van der Waals surface area contributed by atoms with E-state index in [1.54, 1.807) is 23.1 Å². The van der Waals surface area contributed by atoms with E-state index in [4.69, 9.17) is 0 Å². The Kier molecular flexibility index (Phi) is 8.02. The fourth-order valence-corrected chi connectivity index (χ4v) is 5.73. The summed E-state index contributed by atoms with van der Waals surface area (Å²) in [7, 11) is -4.09. The van der Waals surface area contributed by atoms with Crippen molar-refractivity contribution in [2.75, 3.05) is 26.2 Å². The molecular weight excluding hydrogens is 484 g/mol. The van der Waals surface area contributed by atoms with Crippen LogP contribution in [0.5, 0.6) is 0 Å². The van der Waals surface area contributed by atoms with Crippen LogP contribution in [0.3, 0.4) is 0 Å². The highest BCUT2D eigenvalue weighted by Crippen LogP contribution is 2.26. The van der Waals surface area contributed by atoms with Crippen LogP contribution >= 0.6 is 0 Å². The van der Waals surface area contributed by atoms with Gasteiger partial charge in [0.05, 0.1) is 4.90 Å². The van der Waals surface area contributed by atoms with E-state index >= 15 is 0 Å². The number of aliphatic carboxylic acids is 1. The largest absolute Gasteiger partial charge is 0.480 e. The van der Waals surface area contributed by atoms with E-state index in [9.17, 15) is 27.9 Å². The van der Waals surface area contributed by atoms with Crippen molar-refractivity contribution in [1.82, 2.24) is 20.3 Å². The Morgan fingerprint density at radius 3 is 2.53 bits per heavy atom. The van der Waals surface area contributed by atoms with Crippen LogP contribution in [0.15, 0.2) is 53.4 Å². The summed E-state index contributed by atoms with van der Waals surface area (Å²) in [6.45, 7) is 2.72. The van der Waals surface area contributed by atoms with Gasteiger partial charge in [0, 0.05) is 30.8 Å². The molecule has 4 rings (SSSR count). The van der Waals surface area contributed by atoms with Gasteiger partial charge in [0.1, 0.15) is 6.04 Å². The zero-order valence-electron chi connectivity index (χ0n) is 19.8. The number of hydrogen-bond donors (Lipinski definition) is 4. The number of carbonyl (C=O) groups excluding carboxylic acids is 2. The molecule has 0 unspecified atom stereocenters. The number of carboxylic acids is 1. The van der Waals surface area contributed by atoms with E-state index in [-0.39, 0.29) is 16.4 Å². The second-order valence-corrected chi connectivity index (χ2v) is 10.8. The third kappa shape index (κ3) is 6.10. The van der Waals surface area contributed by atoms with Crippen molar-refractivity contribution in [1.29, 1.82) is 0 Å². The fraction of sp³-hybridized carbons (Fsp3) is 0.400. The summed E-state index contributed by atoms with van der Waals surface area (Å²) in [5.74, 6) is -1.54. The molecule has 0 aliphatic carbocycles. The van der Waals surface area contributed by atoms with Crippen LogP contribution in [0.25, 0.3) is 0 Å². The van der Waals surface area contributed by atoms with Gasteiger partial charge in [-0.25, -0.2) is 8.42 Å². The molecule has 2 aliphatic heterocycles. The van der Waals surface area contributed by atoms with Crippen molar-refractivity contribution < 1.29 is 27.9 Å². The number of sulfonamides is 1. The Morgan fingerprint density at radius 2 is 1.83 bits per heavy atom. The molecular formula is C25H30N4O6S. The van der Waals surface area contributed by atoms with E-state index in [1.807, 2.05) is 0 Å². The van der Waals surface area contributed by atoms with Gasteiger partial charge in [0.2, 0.25) is 10.0 Å². The number of hydrogen-bond acceptors (Lipinski definition) is 6. The summed E-state index contributed by atoms with van der Waals surface area (Å²) < 4.78 is 27.1. The third-order valence-electron chi connectivity index (χ3n) is 6.63. The quantitative estimate of drug-likeness (QED) is 0.373. The molecule has 4 N–H and O–H groups in total. The van der Waals surface area contributed by atoms with Crippen molar-refractivity contribution in [3.63, 3.8) is 0 Å². The van der Waals surface area contributed by atoms with Crippen LogP contribution in [-0.2, 0) is 21.4 Å². The summed E-state index contributed by atoms with van der Waals surface area (Å²) in [6.07, 6.45) is 3.17. The van der Waals surface area contributed by atoms with Crippen LogP contribution in [0.1, 0.15) is 45.5 Å². The first kappa shape index (κ1) is 25.8. The third-order valence-corrected chi connectivity index (χ3v) is 8.12. The Morgan fingerprint density at radius 1 is 1.11 bits per heavy atom. The minimum absolute atomic E-state index is 0.0792. The zero-order valence-corrected chi connectivity index (χ0v) is 20.6. The van der Waals surface area contributed by atoms with Gasteiger partial charge in [-0.2, -0.15) is 4.72 Å². The molecule has 1 fully saturated rings. The van der Waals surface area contributed by atoms with E-state index in [0.717, 1.165) is 37.9 Å². The highest BCUT2D eigenvalue weighted by Gasteiger charge is 2.30. The average Bonchev–Trinajstić information content (AvgIpc) is 3.20. The highest BCUT2D eigenvalue weighted by atomic mass is 32.2. The van der Waals surface area contributed by atoms with Crippen molar-refractivity contribution in [2.45, 2.75) is 36.7 Å². The first-order valence-electron chi connectivity index (χ1n) is 12.0. The minimum atomic E-state index is -4.09. The van der Waals surface area contributed by atoms with Crippen molar-refractivity contribution >= 4 is 27.8 Å². The van der Waals surface area contributed by atoms with E-state index in [2.05, 4.69) is 15.4 Å². The maximum absolute atomic E-state index is 12.9. The van der Waals surface area contributed by atoms with Gasteiger partial charge in [-0.05, 0) is 68.1 Å². The van der Waals surface area contributed by atoms with Crippen LogP contribution in [0.4, 0.5) is 0 Å². The summed E-state index contributed by atoms with van der Waals surface area (Å²) in [4.78, 5) is 39.0. The number of fused-ring (bicyclic) bond motifs is 1. The second kappa shape index (κ2) is 11.2. The van der Waals surface area contributed by atoms with Gasteiger partial charge in [-0.3, -0.25) is 14.4 Å². The predicted octanol–water partition coefficient (Wildman–Crippen LogP) is 1.19. The maximum atomic E-state index is 12.9. The smallest absolute Gasteiger partial charge is 0.323 e. The van der Waals surface area contributed by atoms with Gasteiger partial charge in [-0.15, -0.1) is 0 Å².